The van der Waals surface area contributed by atoms with Crippen LogP contribution < -0.4 is 5.32 Å². The second-order valence-corrected chi connectivity index (χ2v) is 6.74. The highest BCUT2D eigenvalue weighted by Crippen LogP contribution is 2.31. The van der Waals surface area contributed by atoms with Gasteiger partial charge in [0.1, 0.15) is 0 Å². The van der Waals surface area contributed by atoms with E-state index >= 15 is 0 Å². The molecule has 2 aromatic rings. The molecule has 2 amide bonds. The molecule has 2 heterocycles. The largest absolute Gasteiger partial charge is 0.343 e. The minimum atomic E-state index is -0.142. The van der Waals surface area contributed by atoms with Gasteiger partial charge in [-0.3, -0.25) is 19.8 Å². The number of hydrogen-bond acceptors (Lipinski definition) is 6. The average molecular weight is 366 g/mol. The molecule has 1 aliphatic rings. The Morgan fingerprint density at radius 2 is 2.00 bits per heavy atom. The van der Waals surface area contributed by atoms with Gasteiger partial charge in [0, 0.05) is 31.7 Å². The van der Waals surface area contributed by atoms with Crippen LogP contribution in [0.25, 0.3) is 10.6 Å². The molecular formula is C15H16ClN5O2S. The fraction of sp³-hybridized carbons (Fsp3) is 0.333. The third kappa shape index (κ3) is 4.08. The van der Waals surface area contributed by atoms with E-state index < -0.39 is 0 Å². The molecule has 0 atom stereocenters. The normalized spacial score (nSPS) is 15.3. The third-order valence-corrected chi connectivity index (χ3v) is 4.90. The lowest BCUT2D eigenvalue weighted by Gasteiger charge is -2.31. The molecule has 0 aliphatic carbocycles. The van der Waals surface area contributed by atoms with E-state index in [2.05, 4.69) is 15.5 Å². The third-order valence-electron chi connectivity index (χ3n) is 3.70. The molecule has 0 unspecified atom stereocenters. The van der Waals surface area contributed by atoms with Gasteiger partial charge in [-0.15, -0.1) is 10.2 Å². The molecule has 24 heavy (non-hydrogen) atoms. The van der Waals surface area contributed by atoms with E-state index in [1.54, 1.807) is 11.0 Å². The first-order chi connectivity index (χ1) is 11.7. The number of carbonyl (C=O) groups excluding carboxylic acids is 2. The summed E-state index contributed by atoms with van der Waals surface area (Å²) >= 11 is 7.43. The monoisotopic (exact) mass is 365 g/mol. The van der Waals surface area contributed by atoms with Crippen LogP contribution in [-0.4, -0.2) is 65.0 Å². The van der Waals surface area contributed by atoms with Gasteiger partial charge in [0.25, 0.3) is 0 Å². The lowest BCUT2D eigenvalue weighted by atomic mass is 10.2. The van der Waals surface area contributed by atoms with Crippen molar-refractivity contribution in [1.29, 1.82) is 0 Å². The van der Waals surface area contributed by atoms with Crippen molar-refractivity contribution in [3.8, 4) is 10.6 Å². The van der Waals surface area contributed by atoms with Crippen molar-refractivity contribution in [2.75, 3.05) is 38.0 Å². The van der Waals surface area contributed by atoms with E-state index in [1.807, 2.05) is 23.1 Å². The summed E-state index contributed by atoms with van der Waals surface area (Å²) in [6.45, 7) is 2.94. The van der Waals surface area contributed by atoms with Gasteiger partial charge in [0.15, 0.2) is 5.01 Å². The quantitative estimate of drug-likeness (QED) is 0.814. The zero-order valence-electron chi connectivity index (χ0n) is 12.8. The van der Waals surface area contributed by atoms with Crippen molar-refractivity contribution in [1.82, 2.24) is 20.0 Å². The Morgan fingerprint density at radius 1 is 1.25 bits per heavy atom. The highest BCUT2D eigenvalue weighted by molar-refractivity contribution is 7.18. The topological polar surface area (TPSA) is 78.4 Å². The lowest BCUT2D eigenvalue weighted by molar-refractivity contribution is -0.120. The van der Waals surface area contributed by atoms with Crippen molar-refractivity contribution in [2.24, 2.45) is 0 Å². The number of piperazine rings is 1. The van der Waals surface area contributed by atoms with E-state index in [1.165, 1.54) is 11.3 Å². The number of amides is 2. The number of rotatable bonds is 5. The molecular weight excluding hydrogens is 350 g/mol. The Hall–Kier alpha value is -2.03. The number of aromatic nitrogens is 2. The van der Waals surface area contributed by atoms with Crippen molar-refractivity contribution < 1.29 is 9.59 Å². The Bertz CT molecular complexity index is 730. The molecule has 1 aromatic heterocycles. The number of nitrogens with one attached hydrogen (secondary N) is 1. The van der Waals surface area contributed by atoms with E-state index in [4.69, 9.17) is 11.6 Å². The summed E-state index contributed by atoms with van der Waals surface area (Å²) in [6, 6.07) is 7.37. The van der Waals surface area contributed by atoms with Gasteiger partial charge in [0.05, 0.1) is 11.6 Å². The van der Waals surface area contributed by atoms with Gasteiger partial charge in [-0.25, -0.2) is 0 Å². The fourth-order valence-electron chi connectivity index (χ4n) is 2.41. The lowest BCUT2D eigenvalue weighted by Crippen LogP contribution is -2.48. The SMILES string of the molecule is O=CN1CCN(CC(=O)Nc2nnc(-c3ccccc3Cl)s2)CC1. The molecule has 9 heteroatoms. The molecule has 0 spiro atoms. The maximum absolute atomic E-state index is 12.1. The van der Waals surface area contributed by atoms with Crippen LogP contribution >= 0.6 is 22.9 Å². The number of carbonyl (C=O) groups is 2. The minimum absolute atomic E-state index is 0.142. The second kappa shape index (κ2) is 7.69. The van der Waals surface area contributed by atoms with Crippen LogP contribution in [0.5, 0.6) is 0 Å². The molecule has 1 fully saturated rings. The van der Waals surface area contributed by atoms with Crippen LogP contribution in [0.4, 0.5) is 5.13 Å². The predicted octanol–water partition coefficient (Wildman–Crippen LogP) is 1.57. The summed E-state index contributed by atoms with van der Waals surface area (Å²) in [4.78, 5) is 26.5. The summed E-state index contributed by atoms with van der Waals surface area (Å²) in [6.07, 6.45) is 0.842. The zero-order chi connectivity index (χ0) is 16.9. The standard InChI is InChI=1S/C15H16ClN5O2S/c16-12-4-2-1-3-11(12)14-18-19-15(24-14)17-13(23)9-20-5-7-21(10-22)8-6-20/h1-4,10H,5-9H2,(H,17,19,23). The molecule has 0 radical (unpaired) electrons. The van der Waals surface area contributed by atoms with E-state index in [-0.39, 0.29) is 12.5 Å². The summed E-state index contributed by atoms with van der Waals surface area (Å²) in [5, 5.41) is 12.5. The molecule has 7 nitrogen and oxygen atoms in total. The highest BCUT2D eigenvalue weighted by atomic mass is 35.5. The van der Waals surface area contributed by atoms with Crippen molar-refractivity contribution in [3.05, 3.63) is 29.3 Å². The fourth-order valence-corrected chi connectivity index (χ4v) is 3.49. The van der Waals surface area contributed by atoms with Crippen molar-refractivity contribution in [2.45, 2.75) is 0 Å². The highest BCUT2D eigenvalue weighted by Gasteiger charge is 2.18. The first-order valence-electron chi connectivity index (χ1n) is 7.45. The minimum Gasteiger partial charge on any atom is -0.343 e. The Balaban J connectivity index is 1.56. The van der Waals surface area contributed by atoms with Crippen LogP contribution in [0.2, 0.25) is 5.02 Å². The first kappa shape index (κ1) is 16.8. The van der Waals surface area contributed by atoms with Crippen LogP contribution in [0.1, 0.15) is 0 Å². The maximum atomic E-state index is 12.1. The number of nitrogens with zero attached hydrogens (tertiary/aromatic N) is 4. The number of hydrogen-bond donors (Lipinski definition) is 1. The maximum Gasteiger partial charge on any atom is 0.240 e. The Kier molecular flexibility index (Phi) is 5.39. The predicted molar refractivity (Wildman–Crippen MR) is 93.1 cm³/mol. The van der Waals surface area contributed by atoms with Gasteiger partial charge in [-0.2, -0.15) is 0 Å². The van der Waals surface area contributed by atoms with Crippen molar-refractivity contribution in [3.63, 3.8) is 0 Å². The smallest absolute Gasteiger partial charge is 0.240 e. The summed E-state index contributed by atoms with van der Waals surface area (Å²) in [5.74, 6) is -0.142. The van der Waals surface area contributed by atoms with Gasteiger partial charge in [0.2, 0.25) is 17.4 Å². The summed E-state index contributed by atoms with van der Waals surface area (Å²) in [7, 11) is 0. The second-order valence-electron chi connectivity index (χ2n) is 5.36. The molecule has 1 aliphatic heterocycles. The zero-order valence-corrected chi connectivity index (χ0v) is 14.4. The van der Waals surface area contributed by atoms with Crippen molar-refractivity contribution >= 4 is 40.4 Å². The van der Waals surface area contributed by atoms with Crippen LogP contribution in [0, 0.1) is 0 Å². The molecule has 0 saturated carbocycles. The van der Waals surface area contributed by atoms with Crippen LogP contribution in [0.15, 0.2) is 24.3 Å². The molecule has 1 saturated heterocycles. The average Bonchev–Trinajstić information content (AvgIpc) is 3.04. The Labute approximate surface area is 148 Å². The molecule has 1 aromatic carbocycles. The molecule has 126 valence electrons. The van der Waals surface area contributed by atoms with Gasteiger partial charge in [-0.1, -0.05) is 41.1 Å². The van der Waals surface area contributed by atoms with Crippen LogP contribution in [-0.2, 0) is 9.59 Å². The molecule has 1 N–H and O–H groups in total. The van der Waals surface area contributed by atoms with E-state index in [0.29, 0.717) is 41.3 Å². The summed E-state index contributed by atoms with van der Waals surface area (Å²) < 4.78 is 0. The van der Waals surface area contributed by atoms with Gasteiger partial charge < -0.3 is 4.90 Å². The number of benzene rings is 1. The van der Waals surface area contributed by atoms with Gasteiger partial charge >= 0.3 is 0 Å². The first-order valence-corrected chi connectivity index (χ1v) is 8.65. The van der Waals surface area contributed by atoms with E-state index in [0.717, 1.165) is 12.0 Å². The van der Waals surface area contributed by atoms with Crippen LogP contribution in [0.3, 0.4) is 0 Å². The Morgan fingerprint density at radius 3 is 2.71 bits per heavy atom. The molecule has 3 rings (SSSR count). The van der Waals surface area contributed by atoms with Gasteiger partial charge in [-0.05, 0) is 6.07 Å². The number of halogens is 1. The molecule has 0 bridgehead atoms. The van der Waals surface area contributed by atoms with E-state index in [9.17, 15) is 9.59 Å². The summed E-state index contributed by atoms with van der Waals surface area (Å²) in [5.41, 5.74) is 0.794. The number of anilines is 1.